The number of ether oxygens (including phenoxy) is 2. The molecule has 1 amide bonds. The minimum atomic E-state index is -0.572. The zero-order valence-electron chi connectivity index (χ0n) is 16.2. The molecule has 0 spiro atoms. The Labute approximate surface area is 181 Å². The van der Waals surface area contributed by atoms with Gasteiger partial charge in [-0.1, -0.05) is 35.5 Å². The average molecular weight is 451 g/mol. The first-order valence-electron chi connectivity index (χ1n) is 9.06. The molecule has 30 heavy (non-hydrogen) atoms. The summed E-state index contributed by atoms with van der Waals surface area (Å²) in [6, 6.07) is 9.86. The lowest BCUT2D eigenvalue weighted by molar-refractivity contribution is 0.0949. The highest BCUT2D eigenvalue weighted by Crippen LogP contribution is 2.24. The molecule has 3 aromatic rings. The van der Waals surface area contributed by atoms with Crippen LogP contribution in [-0.4, -0.2) is 37.2 Å². The average Bonchev–Trinajstić information content (AvgIpc) is 2.74. The third-order valence-electron chi connectivity index (χ3n) is 4.27. The predicted molar refractivity (Wildman–Crippen MR) is 116 cm³/mol. The van der Waals surface area contributed by atoms with Crippen LogP contribution in [0.1, 0.15) is 15.9 Å². The van der Waals surface area contributed by atoms with E-state index in [1.54, 1.807) is 37.4 Å². The number of aromatic amines is 1. The molecule has 0 radical (unpaired) electrons. The topological polar surface area (TPSA) is 80.4 Å². The SMILES string of the molecule is COCCOCSc1cc(F)c2[nH]cc(C(=O)NCc3ccc(Cl)cc3)c(=O)c2c1. The Morgan fingerprint density at radius 3 is 2.73 bits per heavy atom. The van der Waals surface area contributed by atoms with E-state index in [1.165, 1.54) is 24.0 Å². The van der Waals surface area contributed by atoms with Crippen LogP contribution in [0.5, 0.6) is 0 Å². The van der Waals surface area contributed by atoms with E-state index in [2.05, 4.69) is 10.3 Å². The van der Waals surface area contributed by atoms with E-state index >= 15 is 0 Å². The van der Waals surface area contributed by atoms with E-state index in [-0.39, 0.29) is 29.0 Å². The summed E-state index contributed by atoms with van der Waals surface area (Å²) in [5.74, 6) is -0.834. The van der Waals surface area contributed by atoms with Gasteiger partial charge in [-0.15, -0.1) is 0 Å². The third-order valence-corrected chi connectivity index (χ3v) is 5.37. The summed E-state index contributed by atoms with van der Waals surface area (Å²) in [4.78, 5) is 28.6. The molecule has 3 rings (SSSR count). The van der Waals surface area contributed by atoms with E-state index in [1.807, 2.05) is 0 Å². The summed E-state index contributed by atoms with van der Waals surface area (Å²) in [7, 11) is 1.57. The molecule has 9 heteroatoms. The number of carbonyl (C=O) groups is 1. The number of benzene rings is 2. The molecule has 2 N–H and O–H groups in total. The van der Waals surface area contributed by atoms with Crippen LogP contribution in [0.2, 0.25) is 5.02 Å². The Hall–Kier alpha value is -2.39. The van der Waals surface area contributed by atoms with Gasteiger partial charge in [-0.25, -0.2) is 4.39 Å². The fourth-order valence-electron chi connectivity index (χ4n) is 2.71. The second-order valence-corrected chi connectivity index (χ2v) is 7.76. The first-order valence-corrected chi connectivity index (χ1v) is 10.4. The van der Waals surface area contributed by atoms with E-state index in [0.717, 1.165) is 5.56 Å². The maximum absolute atomic E-state index is 14.4. The van der Waals surface area contributed by atoms with Crippen molar-refractivity contribution in [3.05, 3.63) is 74.8 Å². The van der Waals surface area contributed by atoms with Crippen LogP contribution >= 0.6 is 23.4 Å². The van der Waals surface area contributed by atoms with Crippen molar-refractivity contribution in [2.24, 2.45) is 0 Å². The summed E-state index contributed by atoms with van der Waals surface area (Å²) in [6.07, 6.45) is 1.23. The third kappa shape index (κ3) is 5.60. The molecule has 0 aliphatic rings. The van der Waals surface area contributed by atoms with Crippen molar-refractivity contribution in [2.45, 2.75) is 11.4 Å². The lowest BCUT2D eigenvalue weighted by atomic mass is 10.1. The zero-order chi connectivity index (χ0) is 21.5. The van der Waals surface area contributed by atoms with Crippen LogP contribution in [0.3, 0.4) is 0 Å². The van der Waals surface area contributed by atoms with Gasteiger partial charge in [0.25, 0.3) is 5.91 Å². The van der Waals surface area contributed by atoms with Crippen molar-refractivity contribution in [3.8, 4) is 0 Å². The first-order chi connectivity index (χ1) is 14.5. The molecule has 0 unspecified atom stereocenters. The van der Waals surface area contributed by atoms with Gasteiger partial charge in [-0.05, 0) is 29.8 Å². The van der Waals surface area contributed by atoms with Crippen LogP contribution in [0, 0.1) is 5.82 Å². The van der Waals surface area contributed by atoms with Gasteiger partial charge >= 0.3 is 0 Å². The molecule has 2 aromatic carbocycles. The molecule has 1 heterocycles. The lowest BCUT2D eigenvalue weighted by Crippen LogP contribution is -2.28. The molecule has 1 aromatic heterocycles. The van der Waals surface area contributed by atoms with E-state index < -0.39 is 17.2 Å². The van der Waals surface area contributed by atoms with Crippen LogP contribution in [0.25, 0.3) is 10.9 Å². The maximum Gasteiger partial charge on any atom is 0.257 e. The Bertz CT molecular complexity index is 1090. The normalized spacial score (nSPS) is 11.0. The molecule has 0 atom stereocenters. The molecular formula is C21H20ClFN2O4S. The summed E-state index contributed by atoms with van der Waals surface area (Å²) in [6.45, 7) is 1.11. The van der Waals surface area contributed by atoms with Crippen molar-refractivity contribution in [1.29, 1.82) is 0 Å². The smallest absolute Gasteiger partial charge is 0.257 e. The highest BCUT2D eigenvalue weighted by Gasteiger charge is 2.16. The van der Waals surface area contributed by atoms with Crippen molar-refractivity contribution in [1.82, 2.24) is 10.3 Å². The number of carbonyl (C=O) groups excluding carboxylic acids is 1. The van der Waals surface area contributed by atoms with Gasteiger partial charge in [-0.2, -0.15) is 0 Å². The van der Waals surface area contributed by atoms with Crippen molar-refractivity contribution >= 4 is 40.2 Å². The minimum Gasteiger partial charge on any atom is -0.382 e. The zero-order valence-corrected chi connectivity index (χ0v) is 17.7. The standard InChI is InChI=1S/C21H20ClFN2O4S/c1-28-6-7-29-12-30-15-8-16-19(18(23)9-15)24-11-17(20(16)26)21(27)25-10-13-2-4-14(22)5-3-13/h2-5,8-9,11H,6-7,10,12H2,1H3,(H,24,26)(H,25,27). The highest BCUT2D eigenvalue weighted by atomic mass is 35.5. The van der Waals surface area contributed by atoms with Crippen molar-refractivity contribution in [2.75, 3.05) is 26.3 Å². The number of rotatable bonds is 9. The van der Waals surface area contributed by atoms with Gasteiger partial charge in [0, 0.05) is 29.8 Å². The number of nitrogens with one attached hydrogen (secondary N) is 2. The van der Waals surface area contributed by atoms with Gasteiger partial charge in [0.05, 0.1) is 30.1 Å². The van der Waals surface area contributed by atoms with Crippen molar-refractivity contribution in [3.63, 3.8) is 0 Å². The molecule has 0 saturated heterocycles. The monoisotopic (exact) mass is 450 g/mol. The molecule has 0 saturated carbocycles. The van der Waals surface area contributed by atoms with Gasteiger partial charge in [-0.3, -0.25) is 9.59 Å². The maximum atomic E-state index is 14.4. The van der Waals surface area contributed by atoms with Gasteiger partial charge in [0.1, 0.15) is 11.4 Å². The minimum absolute atomic E-state index is 0.0545. The summed E-state index contributed by atoms with van der Waals surface area (Å²) in [5.41, 5.74) is 0.260. The second kappa shape index (κ2) is 10.6. The second-order valence-electron chi connectivity index (χ2n) is 6.33. The predicted octanol–water partition coefficient (Wildman–Crippen LogP) is 3.96. The van der Waals surface area contributed by atoms with E-state index in [9.17, 15) is 14.0 Å². The van der Waals surface area contributed by atoms with E-state index in [0.29, 0.717) is 23.1 Å². The van der Waals surface area contributed by atoms with E-state index in [4.69, 9.17) is 21.1 Å². The number of halogens is 2. The summed E-state index contributed by atoms with van der Waals surface area (Å²) in [5, 5.41) is 3.39. The molecule has 0 fully saturated rings. The molecule has 0 aliphatic heterocycles. The number of thioether (sulfide) groups is 1. The molecule has 6 nitrogen and oxygen atoms in total. The number of pyridine rings is 1. The van der Waals surface area contributed by atoms with Gasteiger partial charge in [0.15, 0.2) is 0 Å². The van der Waals surface area contributed by atoms with Gasteiger partial charge in [0.2, 0.25) is 5.43 Å². The first kappa shape index (κ1) is 22.3. The Balaban J connectivity index is 1.76. The number of amides is 1. The number of hydrogen-bond acceptors (Lipinski definition) is 5. The van der Waals surface area contributed by atoms with Crippen LogP contribution < -0.4 is 10.7 Å². The van der Waals surface area contributed by atoms with Crippen molar-refractivity contribution < 1.29 is 18.7 Å². The fraction of sp³-hybridized carbons (Fsp3) is 0.238. The number of aromatic nitrogens is 1. The number of hydrogen-bond donors (Lipinski definition) is 2. The quantitative estimate of drug-likeness (QED) is 0.293. The van der Waals surface area contributed by atoms with Crippen LogP contribution in [0.4, 0.5) is 4.39 Å². The summed E-state index contributed by atoms with van der Waals surface area (Å²) >= 11 is 7.10. The molecular weight excluding hydrogens is 431 g/mol. The summed E-state index contributed by atoms with van der Waals surface area (Å²) < 4.78 is 24.7. The molecule has 0 bridgehead atoms. The highest BCUT2D eigenvalue weighted by molar-refractivity contribution is 7.99. The fourth-order valence-corrected chi connectivity index (χ4v) is 3.56. The number of methoxy groups -OCH3 is 1. The van der Waals surface area contributed by atoms with Gasteiger partial charge < -0.3 is 19.8 Å². The Morgan fingerprint density at radius 1 is 1.23 bits per heavy atom. The van der Waals surface area contributed by atoms with Crippen LogP contribution in [-0.2, 0) is 16.0 Å². The number of H-pyrrole nitrogens is 1. The van der Waals surface area contributed by atoms with Crippen LogP contribution in [0.15, 0.2) is 52.3 Å². The largest absolute Gasteiger partial charge is 0.382 e. The molecule has 0 aliphatic carbocycles. The molecule has 158 valence electrons. The number of fused-ring (bicyclic) bond motifs is 1. The Kier molecular flexibility index (Phi) is 7.87. The Morgan fingerprint density at radius 2 is 2.00 bits per heavy atom. The lowest BCUT2D eigenvalue weighted by Gasteiger charge is -2.09.